The van der Waals surface area contributed by atoms with Gasteiger partial charge in [-0.15, -0.1) is 6.58 Å². The minimum absolute atomic E-state index is 0.0891. The van der Waals surface area contributed by atoms with E-state index in [1.165, 1.54) is 42.2 Å². The molecule has 0 radical (unpaired) electrons. The minimum Gasteiger partial charge on any atom is -0.335 e. The topological polar surface area (TPSA) is 66.5 Å². The van der Waals surface area contributed by atoms with Crippen LogP contribution in [0.15, 0.2) is 55.1 Å². The number of amides is 1. The fraction of sp³-hybridized carbons (Fsp3) is 0.375. The second kappa shape index (κ2) is 10.5. The quantitative estimate of drug-likeness (QED) is 0.552. The van der Waals surface area contributed by atoms with Crippen LogP contribution >= 0.6 is 0 Å². The summed E-state index contributed by atoms with van der Waals surface area (Å²) in [5.41, 5.74) is 0.682. The lowest BCUT2D eigenvalue weighted by Gasteiger charge is -2.29. The Kier molecular flexibility index (Phi) is 7.97. The lowest BCUT2D eigenvalue weighted by molar-refractivity contribution is -0.132. The van der Waals surface area contributed by atoms with E-state index in [9.17, 15) is 22.0 Å². The third-order valence-electron chi connectivity index (χ3n) is 5.80. The monoisotopic (exact) mass is 480 g/mol. The summed E-state index contributed by atoms with van der Waals surface area (Å²) >= 11 is 0. The van der Waals surface area contributed by atoms with E-state index in [2.05, 4.69) is 11.3 Å². The first-order chi connectivity index (χ1) is 15.7. The Bertz CT molecular complexity index is 1120. The number of rotatable bonds is 9. The third kappa shape index (κ3) is 5.83. The molecule has 2 aromatic rings. The van der Waals surface area contributed by atoms with Crippen molar-refractivity contribution in [3.05, 3.63) is 72.3 Å². The zero-order valence-electron chi connectivity index (χ0n) is 18.3. The van der Waals surface area contributed by atoms with Crippen LogP contribution in [0.25, 0.3) is 11.1 Å². The number of sulfonamides is 1. The molecule has 0 aliphatic carbocycles. The first-order valence-electron chi connectivity index (χ1n) is 10.7. The zero-order chi connectivity index (χ0) is 24.2. The van der Waals surface area contributed by atoms with Gasteiger partial charge in [0.2, 0.25) is 15.9 Å². The van der Waals surface area contributed by atoms with E-state index < -0.39 is 39.9 Å². The molecule has 1 aliphatic rings. The molecule has 1 fully saturated rings. The van der Waals surface area contributed by atoms with Crippen LogP contribution in [0.2, 0.25) is 0 Å². The average molecular weight is 481 g/mol. The highest BCUT2D eigenvalue weighted by Crippen LogP contribution is 2.30. The summed E-state index contributed by atoms with van der Waals surface area (Å²) in [7, 11) is -3.77. The van der Waals surface area contributed by atoms with Gasteiger partial charge in [0.1, 0.15) is 17.8 Å². The summed E-state index contributed by atoms with van der Waals surface area (Å²) in [6.07, 6.45) is 0.291. The van der Waals surface area contributed by atoms with E-state index in [4.69, 9.17) is 0 Å². The minimum atomic E-state index is -3.77. The third-order valence-corrected chi connectivity index (χ3v) is 7.19. The fourth-order valence-electron chi connectivity index (χ4n) is 4.05. The number of nitrogens with zero attached hydrogens (tertiary/aromatic N) is 1. The van der Waals surface area contributed by atoms with Crippen LogP contribution in [0.3, 0.4) is 0 Å². The molecule has 178 valence electrons. The Morgan fingerprint density at radius 1 is 1.24 bits per heavy atom. The normalized spacial score (nSPS) is 20.7. The molecule has 0 unspecified atom stereocenters. The molecule has 1 amide bonds. The first kappa shape index (κ1) is 25.0. The van der Waals surface area contributed by atoms with Gasteiger partial charge in [-0.25, -0.2) is 26.3 Å². The van der Waals surface area contributed by atoms with Crippen molar-refractivity contribution in [2.45, 2.75) is 44.4 Å². The van der Waals surface area contributed by atoms with Crippen molar-refractivity contribution in [3.63, 3.8) is 0 Å². The van der Waals surface area contributed by atoms with E-state index in [-0.39, 0.29) is 42.2 Å². The molecule has 0 bridgehead atoms. The number of benzene rings is 2. The Hall–Kier alpha value is -2.65. The second-order valence-corrected chi connectivity index (χ2v) is 10.0. The number of hydrogen-bond donors (Lipinski definition) is 1. The molecular weight excluding hydrogens is 453 g/mol. The van der Waals surface area contributed by atoms with Gasteiger partial charge in [-0.05, 0) is 43.0 Å². The number of carbonyl (C=O) groups excluding carboxylic acids is 1. The van der Waals surface area contributed by atoms with Crippen molar-refractivity contribution in [1.29, 1.82) is 0 Å². The first-order valence-corrected chi connectivity index (χ1v) is 12.4. The number of likely N-dealkylation sites (tertiary alicyclic amines) is 1. The summed E-state index contributed by atoms with van der Waals surface area (Å²) in [4.78, 5) is 14.0. The Balaban J connectivity index is 1.97. The van der Waals surface area contributed by atoms with Gasteiger partial charge in [-0.3, -0.25) is 4.79 Å². The molecule has 0 spiro atoms. The molecule has 1 N–H and O–H groups in total. The number of hydrogen-bond acceptors (Lipinski definition) is 3. The molecule has 1 aliphatic heterocycles. The molecule has 0 saturated carbocycles. The maximum absolute atomic E-state index is 15.4. The number of nitrogens with one attached hydrogen (secondary N) is 1. The van der Waals surface area contributed by atoms with Gasteiger partial charge in [0.25, 0.3) is 0 Å². The summed E-state index contributed by atoms with van der Waals surface area (Å²) in [5, 5.41) is 0. The highest BCUT2D eigenvalue weighted by atomic mass is 32.2. The Morgan fingerprint density at radius 2 is 1.97 bits per heavy atom. The van der Waals surface area contributed by atoms with Crippen LogP contribution in [-0.4, -0.2) is 49.8 Å². The zero-order valence-corrected chi connectivity index (χ0v) is 19.1. The van der Waals surface area contributed by atoms with Crippen LogP contribution < -0.4 is 4.72 Å². The van der Waals surface area contributed by atoms with Gasteiger partial charge in [-0.2, -0.15) is 0 Å². The molecule has 3 atom stereocenters. The van der Waals surface area contributed by atoms with Gasteiger partial charge in [-0.1, -0.05) is 36.4 Å². The predicted molar refractivity (Wildman–Crippen MR) is 122 cm³/mol. The summed E-state index contributed by atoms with van der Waals surface area (Å²) < 4.78 is 70.8. The molecule has 1 heterocycles. The molecule has 0 aromatic heterocycles. The highest BCUT2D eigenvalue weighted by molar-refractivity contribution is 7.89. The van der Waals surface area contributed by atoms with Crippen LogP contribution in [0.1, 0.15) is 25.3 Å². The van der Waals surface area contributed by atoms with Gasteiger partial charge < -0.3 is 4.90 Å². The van der Waals surface area contributed by atoms with Crippen LogP contribution in [0.4, 0.5) is 13.2 Å². The largest absolute Gasteiger partial charge is 0.335 e. The van der Waals surface area contributed by atoms with Crippen molar-refractivity contribution >= 4 is 15.9 Å². The number of carbonyl (C=O) groups is 1. The standard InChI is InChI=1S/C24H27F3N2O3S/c1-3-5-12-22(30)29-15-20(26)24(28-33(31,32)4-2)21(29)14-17-9-7-11-19(23(17)27)16-8-6-10-18(25)13-16/h3,6-11,13,20-21,24,28H,1,4-5,12,14-15H2,2H3/t20-,21-,24-/m0/s1. The summed E-state index contributed by atoms with van der Waals surface area (Å²) in [5.74, 6) is -1.75. The highest BCUT2D eigenvalue weighted by Gasteiger charge is 2.45. The van der Waals surface area contributed by atoms with Crippen LogP contribution in [0, 0.1) is 11.6 Å². The fourth-order valence-corrected chi connectivity index (χ4v) is 4.94. The van der Waals surface area contributed by atoms with Crippen molar-refractivity contribution in [1.82, 2.24) is 9.62 Å². The molecule has 9 heteroatoms. The van der Waals surface area contributed by atoms with E-state index in [1.54, 1.807) is 18.2 Å². The van der Waals surface area contributed by atoms with Crippen LogP contribution in [-0.2, 0) is 21.2 Å². The summed E-state index contributed by atoms with van der Waals surface area (Å²) in [6, 6.07) is 7.97. The van der Waals surface area contributed by atoms with Gasteiger partial charge in [0, 0.05) is 12.0 Å². The van der Waals surface area contributed by atoms with E-state index in [0.29, 0.717) is 12.0 Å². The van der Waals surface area contributed by atoms with Crippen molar-refractivity contribution in [2.24, 2.45) is 0 Å². The Labute approximate surface area is 192 Å². The average Bonchev–Trinajstić information content (AvgIpc) is 3.08. The summed E-state index contributed by atoms with van der Waals surface area (Å²) in [6.45, 7) is 4.72. The van der Waals surface area contributed by atoms with Gasteiger partial charge in [0.15, 0.2) is 0 Å². The smallest absolute Gasteiger partial charge is 0.223 e. The maximum Gasteiger partial charge on any atom is 0.223 e. The Morgan fingerprint density at radius 3 is 2.64 bits per heavy atom. The van der Waals surface area contributed by atoms with Crippen LogP contribution in [0.5, 0.6) is 0 Å². The lowest BCUT2D eigenvalue weighted by atomic mass is 9.95. The number of allylic oxidation sites excluding steroid dienone is 1. The molecule has 33 heavy (non-hydrogen) atoms. The molecule has 5 nitrogen and oxygen atoms in total. The molecule has 1 saturated heterocycles. The second-order valence-electron chi connectivity index (χ2n) is 8.00. The predicted octanol–water partition coefficient (Wildman–Crippen LogP) is 4.00. The van der Waals surface area contributed by atoms with E-state index >= 15 is 4.39 Å². The van der Waals surface area contributed by atoms with E-state index in [1.807, 2.05) is 0 Å². The van der Waals surface area contributed by atoms with Gasteiger partial charge in [0.05, 0.1) is 24.4 Å². The SMILES string of the molecule is C=CCCC(=O)N1C[C@H](F)[C@H](NS(=O)(=O)CC)[C@@H]1Cc1cccc(-c2cccc(F)c2)c1F. The van der Waals surface area contributed by atoms with E-state index in [0.717, 1.165) is 0 Å². The number of alkyl halides is 1. The van der Waals surface area contributed by atoms with Crippen molar-refractivity contribution < 1.29 is 26.4 Å². The van der Waals surface area contributed by atoms with Crippen molar-refractivity contribution in [2.75, 3.05) is 12.3 Å². The maximum atomic E-state index is 15.4. The molecule has 3 rings (SSSR count). The molecular formula is C24H27F3N2O3S. The van der Waals surface area contributed by atoms with Gasteiger partial charge >= 0.3 is 0 Å². The molecule has 2 aromatic carbocycles. The lowest BCUT2D eigenvalue weighted by Crippen LogP contribution is -2.50. The number of halogens is 3. The van der Waals surface area contributed by atoms with Crippen molar-refractivity contribution in [3.8, 4) is 11.1 Å².